The molecule has 9 heteroatoms. The molecule has 3 amide bonds. The maximum absolute atomic E-state index is 13.1. The van der Waals surface area contributed by atoms with Crippen molar-refractivity contribution in [2.45, 2.75) is 13.8 Å². The van der Waals surface area contributed by atoms with Crippen LogP contribution in [0.5, 0.6) is 0 Å². The second-order valence-corrected chi connectivity index (χ2v) is 10.2. The molecule has 0 atom stereocenters. The fourth-order valence-electron chi connectivity index (χ4n) is 4.26. The van der Waals surface area contributed by atoms with E-state index in [1.165, 1.54) is 4.90 Å². The zero-order chi connectivity index (χ0) is 23.3. The summed E-state index contributed by atoms with van der Waals surface area (Å²) in [5, 5.41) is 1.61. The van der Waals surface area contributed by atoms with E-state index in [2.05, 4.69) is 4.90 Å². The van der Waals surface area contributed by atoms with E-state index in [4.69, 9.17) is 16.6 Å². The molecule has 7 nitrogen and oxygen atoms in total. The highest BCUT2D eigenvalue weighted by Crippen LogP contribution is 2.31. The maximum atomic E-state index is 13.1. The summed E-state index contributed by atoms with van der Waals surface area (Å²) in [7, 11) is 0. The molecule has 3 aromatic rings. The van der Waals surface area contributed by atoms with Crippen LogP contribution in [0.2, 0.25) is 5.02 Å². The molecule has 1 saturated heterocycles. The first-order valence-corrected chi connectivity index (χ1v) is 12.1. The van der Waals surface area contributed by atoms with Gasteiger partial charge in [-0.1, -0.05) is 36.8 Å². The molecule has 0 aliphatic carbocycles. The number of imide groups is 1. The lowest BCUT2D eigenvalue weighted by Gasteiger charge is -2.34. The number of hydrogen-bond acceptors (Lipinski definition) is 6. The Kier molecular flexibility index (Phi) is 5.58. The van der Waals surface area contributed by atoms with Crippen LogP contribution < -0.4 is 4.90 Å². The van der Waals surface area contributed by atoms with E-state index in [-0.39, 0.29) is 23.6 Å². The van der Waals surface area contributed by atoms with Crippen LogP contribution in [0.1, 0.15) is 44.9 Å². The van der Waals surface area contributed by atoms with Gasteiger partial charge >= 0.3 is 0 Å². The molecule has 0 bridgehead atoms. The van der Waals surface area contributed by atoms with Crippen molar-refractivity contribution in [1.29, 1.82) is 0 Å². The number of piperazine rings is 1. The molecule has 2 aromatic carbocycles. The Morgan fingerprint density at radius 3 is 2.48 bits per heavy atom. The van der Waals surface area contributed by atoms with Crippen LogP contribution >= 0.6 is 22.9 Å². The number of carbonyl (C=O) groups is 3. The zero-order valence-electron chi connectivity index (χ0n) is 18.4. The highest BCUT2D eigenvalue weighted by atomic mass is 35.5. The lowest BCUT2D eigenvalue weighted by atomic mass is 10.0. The van der Waals surface area contributed by atoms with Crippen molar-refractivity contribution in [3.63, 3.8) is 0 Å². The summed E-state index contributed by atoms with van der Waals surface area (Å²) in [6.07, 6.45) is 0. The third-order valence-corrected chi connectivity index (χ3v) is 7.26. The number of anilines is 1. The minimum Gasteiger partial charge on any atom is -0.345 e. The Bertz CT molecular complexity index is 1280. The molecule has 5 rings (SSSR count). The smallest absolute Gasteiger partial charge is 0.261 e. The van der Waals surface area contributed by atoms with Gasteiger partial charge in [-0.3, -0.25) is 19.3 Å². The number of aromatic nitrogens is 1. The molecule has 1 fully saturated rings. The predicted octanol–water partition coefficient (Wildman–Crippen LogP) is 4.16. The first-order chi connectivity index (χ1) is 15.8. The topological polar surface area (TPSA) is 73.8 Å². The summed E-state index contributed by atoms with van der Waals surface area (Å²) in [6.45, 7) is 6.74. The molecule has 0 radical (unpaired) electrons. The molecule has 0 spiro atoms. The Morgan fingerprint density at radius 1 is 1.03 bits per heavy atom. The number of carbonyl (C=O) groups excluding carboxylic acids is 3. The van der Waals surface area contributed by atoms with Crippen molar-refractivity contribution in [3.05, 3.63) is 58.1 Å². The van der Waals surface area contributed by atoms with Gasteiger partial charge in [0.1, 0.15) is 0 Å². The second-order valence-electron chi connectivity index (χ2n) is 8.76. The number of fused-ring (bicyclic) bond motifs is 2. The van der Waals surface area contributed by atoms with Crippen molar-refractivity contribution in [2.24, 2.45) is 5.92 Å². The fraction of sp³-hybridized carbons (Fsp3) is 0.333. The lowest BCUT2D eigenvalue weighted by Crippen LogP contribution is -2.48. The normalized spacial score (nSPS) is 16.3. The number of amides is 3. The standard InChI is InChI=1S/C24H23ClN4O3S/c1-14(2)13-29-22(31)17-5-3-15(11-18(17)23(29)32)21(30)27-7-9-28(10-8-27)24-26-19-6-4-16(25)12-20(19)33-24/h3-6,11-12,14H,7-10,13H2,1-2H3. The number of halogens is 1. The van der Waals surface area contributed by atoms with Gasteiger partial charge in [-0.25, -0.2) is 4.98 Å². The molecule has 2 aliphatic rings. The Morgan fingerprint density at radius 2 is 1.76 bits per heavy atom. The Balaban J connectivity index is 1.28. The van der Waals surface area contributed by atoms with Crippen LogP contribution in [0.4, 0.5) is 5.13 Å². The monoisotopic (exact) mass is 482 g/mol. The minimum atomic E-state index is -0.320. The quantitative estimate of drug-likeness (QED) is 0.522. The van der Waals surface area contributed by atoms with E-state index in [0.717, 1.165) is 15.3 Å². The van der Waals surface area contributed by atoms with Crippen LogP contribution in [0.15, 0.2) is 36.4 Å². The van der Waals surface area contributed by atoms with Gasteiger partial charge in [0.15, 0.2) is 5.13 Å². The molecule has 1 aromatic heterocycles. The second kappa shape index (κ2) is 8.43. The molecule has 0 saturated carbocycles. The predicted molar refractivity (Wildman–Crippen MR) is 129 cm³/mol. The van der Waals surface area contributed by atoms with Crippen molar-refractivity contribution in [2.75, 3.05) is 37.6 Å². The minimum absolute atomic E-state index is 0.129. The highest BCUT2D eigenvalue weighted by molar-refractivity contribution is 7.22. The summed E-state index contributed by atoms with van der Waals surface area (Å²) in [6, 6.07) is 10.5. The van der Waals surface area contributed by atoms with Crippen molar-refractivity contribution < 1.29 is 14.4 Å². The van der Waals surface area contributed by atoms with Crippen molar-refractivity contribution >= 4 is 56.0 Å². The summed E-state index contributed by atoms with van der Waals surface area (Å²) in [4.78, 5) is 48.4. The molecule has 0 unspecified atom stereocenters. The van der Waals surface area contributed by atoms with Gasteiger partial charge < -0.3 is 9.80 Å². The van der Waals surface area contributed by atoms with Gasteiger partial charge in [-0.05, 0) is 42.3 Å². The van der Waals surface area contributed by atoms with Gasteiger partial charge in [0.2, 0.25) is 0 Å². The Labute approximate surface area is 200 Å². The number of thiazole rings is 1. The molecule has 170 valence electrons. The number of benzene rings is 2. The number of nitrogens with zero attached hydrogens (tertiary/aromatic N) is 4. The molecule has 3 heterocycles. The first kappa shape index (κ1) is 21.9. The van der Waals surface area contributed by atoms with Gasteiger partial charge in [-0.2, -0.15) is 0 Å². The SMILES string of the molecule is CC(C)CN1C(=O)c2ccc(C(=O)N3CCN(c4nc5ccc(Cl)cc5s4)CC3)cc2C1=O. The van der Waals surface area contributed by atoms with Crippen molar-refractivity contribution in [1.82, 2.24) is 14.8 Å². The molecule has 0 N–H and O–H groups in total. The van der Waals surface area contributed by atoms with Gasteiger partial charge in [0.05, 0.1) is 21.3 Å². The van der Waals surface area contributed by atoms with E-state index < -0.39 is 0 Å². The number of rotatable bonds is 4. The molecule has 2 aliphatic heterocycles. The van der Waals surface area contributed by atoms with Crippen molar-refractivity contribution in [3.8, 4) is 0 Å². The van der Waals surface area contributed by atoms with E-state index in [0.29, 0.717) is 54.4 Å². The van der Waals surface area contributed by atoms with E-state index >= 15 is 0 Å². The van der Waals surface area contributed by atoms with E-state index in [1.807, 2.05) is 32.0 Å². The fourth-order valence-corrected chi connectivity index (χ4v) is 5.55. The van der Waals surface area contributed by atoms with Crippen LogP contribution in [0, 0.1) is 5.92 Å². The zero-order valence-corrected chi connectivity index (χ0v) is 19.9. The summed E-state index contributed by atoms with van der Waals surface area (Å²) in [5.74, 6) is -0.555. The van der Waals surface area contributed by atoms with Crippen LogP contribution in [0.25, 0.3) is 10.2 Å². The van der Waals surface area contributed by atoms with Crippen LogP contribution in [-0.2, 0) is 0 Å². The van der Waals surface area contributed by atoms with E-state index in [9.17, 15) is 14.4 Å². The molecular formula is C24H23ClN4O3S. The third-order valence-electron chi connectivity index (χ3n) is 5.94. The molecule has 33 heavy (non-hydrogen) atoms. The van der Waals surface area contributed by atoms with Crippen LogP contribution in [-0.4, -0.2) is 65.2 Å². The van der Waals surface area contributed by atoms with Gasteiger partial charge in [0.25, 0.3) is 17.7 Å². The maximum Gasteiger partial charge on any atom is 0.261 e. The summed E-state index contributed by atoms with van der Waals surface area (Å²) >= 11 is 7.68. The molecular weight excluding hydrogens is 460 g/mol. The third kappa shape index (κ3) is 3.98. The lowest BCUT2D eigenvalue weighted by molar-refractivity contribution is 0.0635. The summed E-state index contributed by atoms with van der Waals surface area (Å²) in [5.41, 5.74) is 2.04. The van der Waals surface area contributed by atoms with Gasteiger partial charge in [0, 0.05) is 43.3 Å². The summed E-state index contributed by atoms with van der Waals surface area (Å²) < 4.78 is 1.04. The van der Waals surface area contributed by atoms with E-state index in [1.54, 1.807) is 34.4 Å². The number of hydrogen-bond donors (Lipinski definition) is 0. The van der Waals surface area contributed by atoms with Crippen LogP contribution in [0.3, 0.4) is 0 Å². The average Bonchev–Trinajstić information content (AvgIpc) is 3.33. The highest BCUT2D eigenvalue weighted by Gasteiger charge is 2.36. The average molecular weight is 483 g/mol. The van der Waals surface area contributed by atoms with Gasteiger partial charge in [-0.15, -0.1) is 0 Å². The largest absolute Gasteiger partial charge is 0.345 e. The Hall–Kier alpha value is -2.97. The first-order valence-electron chi connectivity index (χ1n) is 10.9.